The quantitative estimate of drug-likeness (QED) is 0.426. The second-order valence-corrected chi connectivity index (χ2v) is 2.43. The Hall–Kier alpha value is -0.430. The minimum Gasteiger partial charge on any atom is -0.368 e. The summed E-state index contributed by atoms with van der Waals surface area (Å²) in [7, 11) is 3.80. The zero-order chi connectivity index (χ0) is 7.44. The fourth-order valence-corrected chi connectivity index (χ4v) is 0.514. The molecule has 0 aliphatic heterocycles. The molecule has 2 heteroatoms. The van der Waals surface area contributed by atoms with Gasteiger partial charge in [-0.1, -0.05) is 24.3 Å². The van der Waals surface area contributed by atoms with Gasteiger partial charge >= 0.3 is 0 Å². The second-order valence-electron chi connectivity index (χ2n) is 2.07. The van der Waals surface area contributed by atoms with Crippen molar-refractivity contribution in [2.45, 2.75) is 6.92 Å². The average molecular weight is 146 g/mol. The van der Waals surface area contributed by atoms with Crippen LogP contribution in [-0.2, 0) is 0 Å². The van der Waals surface area contributed by atoms with Crippen LogP contribution in [0.5, 0.6) is 0 Å². The number of allylic oxidation sites excluding steroid dienone is 2. The summed E-state index contributed by atoms with van der Waals surface area (Å²) in [5.74, 6) is 0. The third-order valence-electron chi connectivity index (χ3n) is 1.02. The van der Waals surface area contributed by atoms with E-state index in [0.717, 1.165) is 10.7 Å². The fourth-order valence-electron chi connectivity index (χ4n) is 0.437. The molecule has 0 spiro atoms. The van der Waals surface area contributed by atoms with E-state index in [4.69, 9.17) is 11.6 Å². The average Bonchev–Trinajstić information content (AvgIpc) is 1.84. The topological polar surface area (TPSA) is 3.24 Å². The maximum Gasteiger partial charge on any atom is 0.107 e. The lowest BCUT2D eigenvalue weighted by Crippen LogP contribution is -2.07. The summed E-state index contributed by atoms with van der Waals surface area (Å²) in [6.45, 7) is 5.52. The van der Waals surface area contributed by atoms with Gasteiger partial charge in [-0.25, -0.2) is 0 Å². The van der Waals surface area contributed by atoms with E-state index in [1.165, 1.54) is 0 Å². The highest BCUT2D eigenvalue weighted by atomic mass is 35.5. The van der Waals surface area contributed by atoms with Gasteiger partial charge in [0.15, 0.2) is 0 Å². The molecule has 0 aliphatic carbocycles. The first-order valence-electron chi connectivity index (χ1n) is 2.75. The molecular weight excluding hydrogens is 134 g/mol. The summed E-state index contributed by atoms with van der Waals surface area (Å²) >= 11 is 5.80. The summed E-state index contributed by atoms with van der Waals surface area (Å²) in [6.07, 6.45) is 1.74. The molecule has 0 fully saturated rings. The monoisotopic (exact) mass is 145 g/mol. The molecule has 0 aromatic heterocycles. The van der Waals surface area contributed by atoms with Crippen LogP contribution in [0.2, 0.25) is 0 Å². The van der Waals surface area contributed by atoms with Gasteiger partial charge in [0, 0.05) is 14.1 Å². The Labute approximate surface area is 61.6 Å². The van der Waals surface area contributed by atoms with E-state index >= 15 is 0 Å². The third kappa shape index (κ3) is 2.56. The zero-order valence-corrected chi connectivity index (χ0v) is 6.87. The van der Waals surface area contributed by atoms with Crippen LogP contribution in [-0.4, -0.2) is 19.0 Å². The van der Waals surface area contributed by atoms with Crippen molar-refractivity contribution < 1.29 is 0 Å². The predicted molar refractivity (Wildman–Crippen MR) is 42.4 cm³/mol. The molecule has 0 N–H and O–H groups in total. The van der Waals surface area contributed by atoms with Crippen molar-refractivity contribution in [2.24, 2.45) is 0 Å². The van der Waals surface area contributed by atoms with Crippen molar-refractivity contribution in [1.82, 2.24) is 4.90 Å². The Bertz CT molecular complexity index is 136. The molecular formula is C7H12ClN. The Kier molecular flexibility index (Phi) is 3.40. The normalized spacial score (nSPS) is 12.4. The van der Waals surface area contributed by atoms with E-state index in [1.807, 2.05) is 25.9 Å². The van der Waals surface area contributed by atoms with Gasteiger partial charge in [0.05, 0.1) is 0 Å². The highest BCUT2D eigenvalue weighted by molar-refractivity contribution is 6.29. The molecule has 0 unspecified atom stereocenters. The largest absolute Gasteiger partial charge is 0.368 e. The van der Waals surface area contributed by atoms with Gasteiger partial charge in [-0.05, 0) is 12.5 Å². The van der Waals surface area contributed by atoms with Gasteiger partial charge in [-0.2, -0.15) is 0 Å². The molecule has 0 atom stereocenters. The molecule has 0 saturated carbocycles. The first-order valence-corrected chi connectivity index (χ1v) is 3.13. The Morgan fingerprint density at radius 3 is 2.11 bits per heavy atom. The summed E-state index contributed by atoms with van der Waals surface area (Å²) in [5.41, 5.74) is 1.00. The van der Waals surface area contributed by atoms with Gasteiger partial charge in [-0.3, -0.25) is 0 Å². The van der Waals surface area contributed by atoms with Crippen LogP contribution in [0.25, 0.3) is 0 Å². The lowest BCUT2D eigenvalue weighted by atomic mass is 10.3. The third-order valence-corrected chi connectivity index (χ3v) is 1.66. The molecule has 0 rings (SSSR count). The number of nitrogens with zero attached hydrogens (tertiary/aromatic N) is 1. The molecule has 0 bridgehead atoms. The van der Waals surface area contributed by atoms with E-state index < -0.39 is 0 Å². The van der Waals surface area contributed by atoms with E-state index in [0.29, 0.717) is 0 Å². The van der Waals surface area contributed by atoms with Crippen molar-refractivity contribution >= 4 is 11.6 Å². The number of hydrogen-bond acceptors (Lipinski definition) is 1. The summed E-state index contributed by atoms with van der Waals surface area (Å²) in [4.78, 5) is 1.85. The van der Waals surface area contributed by atoms with Crippen molar-refractivity contribution in [3.05, 3.63) is 23.4 Å². The molecule has 0 amide bonds. The Morgan fingerprint density at radius 2 is 2.00 bits per heavy atom. The van der Waals surface area contributed by atoms with Crippen molar-refractivity contribution in [1.29, 1.82) is 0 Å². The molecule has 9 heavy (non-hydrogen) atoms. The predicted octanol–water partition coefficient (Wildman–Crippen LogP) is 2.20. The molecule has 0 saturated heterocycles. The Morgan fingerprint density at radius 1 is 1.56 bits per heavy atom. The van der Waals surface area contributed by atoms with Crippen molar-refractivity contribution in [2.75, 3.05) is 14.1 Å². The van der Waals surface area contributed by atoms with Crippen LogP contribution in [0.4, 0.5) is 0 Å². The van der Waals surface area contributed by atoms with Crippen LogP contribution < -0.4 is 0 Å². The molecule has 1 nitrogen and oxygen atoms in total. The van der Waals surface area contributed by atoms with Crippen LogP contribution >= 0.6 is 11.6 Å². The first-order chi connectivity index (χ1) is 4.09. The fraction of sp³-hybridized carbons (Fsp3) is 0.429. The van der Waals surface area contributed by atoms with E-state index in [-0.39, 0.29) is 0 Å². The van der Waals surface area contributed by atoms with E-state index in [1.54, 1.807) is 6.08 Å². The van der Waals surface area contributed by atoms with Crippen molar-refractivity contribution in [3.8, 4) is 0 Å². The van der Waals surface area contributed by atoms with Gasteiger partial charge in [0.1, 0.15) is 5.16 Å². The summed E-state index contributed by atoms with van der Waals surface area (Å²) in [5, 5.41) is 0.741. The minimum absolute atomic E-state index is 0.741. The standard InChI is InChI=1S/C7H12ClN/c1-5-6(2)7(8)9(3)4/h5H,1H2,2-4H3/b7-6+. The lowest BCUT2D eigenvalue weighted by Gasteiger charge is -2.11. The molecule has 0 radical (unpaired) electrons. The SMILES string of the molecule is C=C/C(C)=C(\Cl)N(C)C. The minimum atomic E-state index is 0.741. The number of rotatable bonds is 2. The lowest BCUT2D eigenvalue weighted by molar-refractivity contribution is 0.542. The maximum absolute atomic E-state index is 5.80. The van der Waals surface area contributed by atoms with E-state index in [2.05, 4.69) is 6.58 Å². The van der Waals surface area contributed by atoms with Gasteiger partial charge < -0.3 is 4.90 Å². The zero-order valence-electron chi connectivity index (χ0n) is 6.11. The Balaban J connectivity index is 4.27. The van der Waals surface area contributed by atoms with Crippen LogP contribution in [0.15, 0.2) is 23.4 Å². The summed E-state index contributed by atoms with van der Waals surface area (Å²) in [6, 6.07) is 0. The summed E-state index contributed by atoms with van der Waals surface area (Å²) < 4.78 is 0. The van der Waals surface area contributed by atoms with Crippen LogP contribution in [0, 0.1) is 0 Å². The number of hydrogen-bond donors (Lipinski definition) is 0. The molecule has 0 heterocycles. The van der Waals surface area contributed by atoms with Crippen LogP contribution in [0.1, 0.15) is 6.92 Å². The maximum atomic E-state index is 5.80. The van der Waals surface area contributed by atoms with Gasteiger partial charge in [-0.15, -0.1) is 0 Å². The number of halogens is 1. The van der Waals surface area contributed by atoms with Crippen molar-refractivity contribution in [3.63, 3.8) is 0 Å². The first kappa shape index (κ1) is 8.57. The molecule has 0 aromatic carbocycles. The second kappa shape index (κ2) is 3.57. The van der Waals surface area contributed by atoms with Gasteiger partial charge in [0.25, 0.3) is 0 Å². The molecule has 0 aromatic rings. The smallest absolute Gasteiger partial charge is 0.107 e. The molecule has 52 valence electrons. The van der Waals surface area contributed by atoms with Crippen LogP contribution in [0.3, 0.4) is 0 Å². The van der Waals surface area contributed by atoms with E-state index in [9.17, 15) is 0 Å². The highest BCUT2D eigenvalue weighted by Crippen LogP contribution is 2.11. The molecule has 0 aliphatic rings. The van der Waals surface area contributed by atoms with Gasteiger partial charge in [0.2, 0.25) is 0 Å². The highest BCUT2D eigenvalue weighted by Gasteiger charge is 1.95.